The summed E-state index contributed by atoms with van der Waals surface area (Å²) in [6, 6.07) is 20.4. The van der Waals surface area contributed by atoms with Crippen molar-refractivity contribution in [2.45, 2.75) is 16.3 Å². The van der Waals surface area contributed by atoms with Crippen LogP contribution in [0.5, 0.6) is 0 Å². The molecule has 3 aromatic carbocycles. The molecule has 1 amide bonds. The number of nitrogens with zero attached hydrogens (tertiary/aromatic N) is 2. The van der Waals surface area contributed by atoms with Gasteiger partial charge in [0.2, 0.25) is 5.91 Å². The topological polar surface area (TPSA) is 67.3 Å². The van der Waals surface area contributed by atoms with E-state index < -0.39 is 9.84 Å². The minimum atomic E-state index is -3.34. The number of anilines is 1. The SMILES string of the molecule is CS(=O)(=O)c1ccc2nc(N(Cc3ccccc3)C(=O)CSc3ccc(F)cc3)sc2c1. The van der Waals surface area contributed by atoms with Crippen molar-refractivity contribution in [3.05, 3.63) is 84.2 Å². The van der Waals surface area contributed by atoms with Gasteiger partial charge in [0.05, 0.1) is 27.4 Å². The third kappa shape index (κ3) is 5.35. The van der Waals surface area contributed by atoms with Crippen molar-refractivity contribution in [2.75, 3.05) is 16.9 Å². The van der Waals surface area contributed by atoms with Gasteiger partial charge in [0.1, 0.15) is 5.82 Å². The Morgan fingerprint density at radius 1 is 1.06 bits per heavy atom. The molecule has 0 spiro atoms. The molecule has 1 heterocycles. The zero-order valence-electron chi connectivity index (χ0n) is 17.1. The first kappa shape index (κ1) is 22.4. The summed E-state index contributed by atoms with van der Waals surface area (Å²) in [5, 5.41) is 0.499. The number of fused-ring (bicyclic) bond motifs is 1. The van der Waals surface area contributed by atoms with Crippen LogP contribution in [0.25, 0.3) is 10.2 Å². The average molecular weight is 487 g/mol. The van der Waals surface area contributed by atoms with Gasteiger partial charge in [0.15, 0.2) is 15.0 Å². The number of hydrogen-bond donors (Lipinski definition) is 0. The maximum absolute atomic E-state index is 13.2. The molecule has 0 N–H and O–H groups in total. The second-order valence-corrected chi connectivity index (χ2v) is 11.2. The summed E-state index contributed by atoms with van der Waals surface area (Å²) < 4.78 is 37.6. The first-order valence-electron chi connectivity index (χ1n) is 9.63. The minimum absolute atomic E-state index is 0.148. The van der Waals surface area contributed by atoms with E-state index >= 15 is 0 Å². The van der Waals surface area contributed by atoms with E-state index in [1.807, 2.05) is 30.3 Å². The molecule has 4 aromatic rings. The molecule has 0 saturated carbocycles. The van der Waals surface area contributed by atoms with Crippen LogP contribution in [0.3, 0.4) is 0 Å². The van der Waals surface area contributed by atoms with Crippen LogP contribution in [0.4, 0.5) is 9.52 Å². The molecule has 0 unspecified atom stereocenters. The Morgan fingerprint density at radius 2 is 1.78 bits per heavy atom. The predicted octanol–water partition coefficient (Wildman–Crippen LogP) is 5.16. The van der Waals surface area contributed by atoms with Crippen LogP contribution in [0.2, 0.25) is 0 Å². The number of amides is 1. The number of halogens is 1. The smallest absolute Gasteiger partial charge is 0.239 e. The number of benzene rings is 3. The standard InChI is InChI=1S/C23H19FN2O3S3/c1-32(28,29)19-11-12-20-21(13-19)31-23(25-20)26(14-16-5-3-2-4-6-16)22(27)15-30-18-9-7-17(24)8-10-18/h2-13H,14-15H2,1H3. The van der Waals surface area contributed by atoms with Crippen molar-refractivity contribution in [3.8, 4) is 0 Å². The molecule has 1 aromatic heterocycles. The van der Waals surface area contributed by atoms with Gasteiger partial charge in [-0.2, -0.15) is 0 Å². The number of sulfone groups is 1. The van der Waals surface area contributed by atoms with E-state index in [2.05, 4.69) is 4.98 Å². The lowest BCUT2D eigenvalue weighted by molar-refractivity contribution is -0.116. The van der Waals surface area contributed by atoms with Gasteiger partial charge >= 0.3 is 0 Å². The Balaban J connectivity index is 1.64. The van der Waals surface area contributed by atoms with Crippen LogP contribution >= 0.6 is 23.1 Å². The van der Waals surface area contributed by atoms with E-state index in [1.165, 1.54) is 41.3 Å². The molecule has 32 heavy (non-hydrogen) atoms. The number of carbonyl (C=O) groups excluding carboxylic acids is 1. The summed E-state index contributed by atoms with van der Waals surface area (Å²) >= 11 is 2.60. The number of thiazole rings is 1. The molecule has 0 aliphatic carbocycles. The van der Waals surface area contributed by atoms with Gasteiger partial charge < -0.3 is 0 Å². The van der Waals surface area contributed by atoms with Crippen LogP contribution < -0.4 is 4.90 Å². The lowest BCUT2D eigenvalue weighted by Crippen LogP contribution is -2.31. The molecule has 0 fully saturated rings. The second kappa shape index (κ2) is 9.40. The van der Waals surface area contributed by atoms with Crippen molar-refractivity contribution in [1.82, 2.24) is 4.98 Å². The Bertz CT molecular complexity index is 1350. The summed E-state index contributed by atoms with van der Waals surface area (Å²) in [6.07, 6.45) is 1.16. The van der Waals surface area contributed by atoms with Gasteiger partial charge in [-0.05, 0) is 48.0 Å². The molecule has 0 aliphatic rings. The molecule has 164 valence electrons. The van der Waals surface area contributed by atoms with E-state index in [4.69, 9.17) is 0 Å². The fraction of sp³-hybridized carbons (Fsp3) is 0.130. The van der Waals surface area contributed by atoms with Gasteiger partial charge in [-0.25, -0.2) is 17.8 Å². The summed E-state index contributed by atoms with van der Waals surface area (Å²) in [7, 11) is -3.34. The van der Waals surface area contributed by atoms with Crippen LogP contribution in [0.15, 0.2) is 82.6 Å². The largest absolute Gasteiger partial charge is 0.283 e. The lowest BCUT2D eigenvalue weighted by atomic mass is 10.2. The first-order valence-corrected chi connectivity index (χ1v) is 13.3. The Kier molecular flexibility index (Phi) is 6.59. The zero-order chi connectivity index (χ0) is 22.7. The van der Waals surface area contributed by atoms with Gasteiger partial charge in [-0.1, -0.05) is 41.7 Å². The Hall–Kier alpha value is -2.75. The lowest BCUT2D eigenvalue weighted by Gasteiger charge is -2.20. The molecular formula is C23H19FN2O3S3. The highest BCUT2D eigenvalue weighted by molar-refractivity contribution is 8.00. The second-order valence-electron chi connectivity index (χ2n) is 7.11. The predicted molar refractivity (Wildman–Crippen MR) is 127 cm³/mol. The van der Waals surface area contributed by atoms with Gasteiger partial charge in [-0.3, -0.25) is 9.69 Å². The summed E-state index contributed by atoms with van der Waals surface area (Å²) in [6.45, 7) is 0.336. The maximum atomic E-state index is 13.2. The highest BCUT2D eigenvalue weighted by atomic mass is 32.2. The fourth-order valence-corrected chi connectivity index (χ4v) is 5.54. The summed E-state index contributed by atoms with van der Waals surface area (Å²) in [4.78, 5) is 20.4. The van der Waals surface area contributed by atoms with E-state index in [0.717, 1.165) is 16.7 Å². The molecular weight excluding hydrogens is 467 g/mol. The zero-order valence-corrected chi connectivity index (χ0v) is 19.5. The average Bonchev–Trinajstić information content (AvgIpc) is 3.20. The molecule has 9 heteroatoms. The minimum Gasteiger partial charge on any atom is -0.283 e. The van der Waals surface area contributed by atoms with Crippen molar-refractivity contribution < 1.29 is 17.6 Å². The van der Waals surface area contributed by atoms with Crippen molar-refractivity contribution in [3.63, 3.8) is 0 Å². The van der Waals surface area contributed by atoms with Gasteiger partial charge in [-0.15, -0.1) is 11.8 Å². The van der Waals surface area contributed by atoms with E-state index in [-0.39, 0.29) is 22.4 Å². The normalized spacial score (nSPS) is 11.6. The maximum Gasteiger partial charge on any atom is 0.239 e. The number of rotatable bonds is 7. The van der Waals surface area contributed by atoms with Crippen LogP contribution in [-0.2, 0) is 21.2 Å². The quantitative estimate of drug-likeness (QED) is 0.338. The number of aromatic nitrogens is 1. The molecule has 0 saturated heterocycles. The van der Waals surface area contributed by atoms with E-state index in [9.17, 15) is 17.6 Å². The number of hydrogen-bond acceptors (Lipinski definition) is 6. The third-order valence-corrected chi connectivity index (χ3v) is 7.82. The number of thioether (sulfide) groups is 1. The van der Waals surface area contributed by atoms with Gasteiger partial charge in [0, 0.05) is 11.2 Å². The van der Waals surface area contributed by atoms with Gasteiger partial charge in [0.25, 0.3) is 0 Å². The Morgan fingerprint density at radius 3 is 2.47 bits per heavy atom. The summed E-state index contributed by atoms with van der Waals surface area (Å²) in [5.74, 6) is -0.317. The number of carbonyl (C=O) groups is 1. The Labute approximate surface area is 193 Å². The van der Waals surface area contributed by atoms with Crippen molar-refractivity contribution in [2.24, 2.45) is 0 Å². The highest BCUT2D eigenvalue weighted by Gasteiger charge is 2.21. The van der Waals surface area contributed by atoms with Crippen molar-refractivity contribution >= 4 is 54.2 Å². The first-order chi connectivity index (χ1) is 15.3. The molecule has 5 nitrogen and oxygen atoms in total. The summed E-state index contributed by atoms with van der Waals surface area (Å²) in [5.41, 5.74) is 1.58. The van der Waals surface area contributed by atoms with Crippen LogP contribution in [-0.4, -0.2) is 31.3 Å². The molecule has 0 radical (unpaired) electrons. The fourth-order valence-electron chi connectivity index (χ4n) is 3.02. The molecule has 0 aliphatic heterocycles. The molecule has 0 bridgehead atoms. The van der Waals surface area contributed by atoms with E-state index in [1.54, 1.807) is 29.2 Å². The van der Waals surface area contributed by atoms with Crippen molar-refractivity contribution in [1.29, 1.82) is 0 Å². The molecule has 4 rings (SSSR count). The molecule has 0 atom stereocenters. The highest BCUT2D eigenvalue weighted by Crippen LogP contribution is 2.32. The van der Waals surface area contributed by atoms with Crippen LogP contribution in [0, 0.1) is 5.82 Å². The third-order valence-electron chi connectivity index (χ3n) is 4.67. The van der Waals surface area contributed by atoms with E-state index in [0.29, 0.717) is 21.9 Å². The van der Waals surface area contributed by atoms with Crippen LogP contribution in [0.1, 0.15) is 5.56 Å². The monoisotopic (exact) mass is 486 g/mol.